The summed E-state index contributed by atoms with van der Waals surface area (Å²) < 4.78 is 5.53. The fourth-order valence-electron chi connectivity index (χ4n) is 4.71. The van der Waals surface area contributed by atoms with Crippen molar-refractivity contribution in [2.24, 2.45) is 0 Å². The Morgan fingerprint density at radius 1 is 1.06 bits per heavy atom. The van der Waals surface area contributed by atoms with E-state index in [0.29, 0.717) is 34.6 Å². The van der Waals surface area contributed by atoms with Gasteiger partial charge in [-0.15, -0.1) is 0 Å². The second-order valence-electron chi connectivity index (χ2n) is 8.94. The minimum absolute atomic E-state index is 0.0981. The molecule has 0 aliphatic carbocycles. The number of fused-ring (bicyclic) bond motifs is 2. The van der Waals surface area contributed by atoms with Crippen molar-refractivity contribution < 1.29 is 14.3 Å². The highest BCUT2D eigenvalue weighted by Gasteiger charge is 2.24. The van der Waals surface area contributed by atoms with Gasteiger partial charge in [0.2, 0.25) is 0 Å². The summed E-state index contributed by atoms with van der Waals surface area (Å²) >= 11 is 0. The Balaban J connectivity index is 1.43. The third-order valence-electron chi connectivity index (χ3n) is 6.42. The molecule has 7 nitrogen and oxygen atoms in total. The van der Waals surface area contributed by atoms with E-state index in [-0.39, 0.29) is 11.8 Å². The molecule has 3 aromatic carbocycles. The second kappa shape index (κ2) is 9.25. The summed E-state index contributed by atoms with van der Waals surface area (Å²) in [6.45, 7) is 4.60. The van der Waals surface area contributed by atoms with Crippen LogP contribution < -0.4 is 15.0 Å². The molecule has 0 fully saturated rings. The van der Waals surface area contributed by atoms with Crippen LogP contribution in [0, 0.1) is 13.8 Å². The van der Waals surface area contributed by atoms with Crippen LogP contribution in [0.2, 0.25) is 0 Å². The molecule has 4 aromatic rings. The SMILES string of the molecule is COc1cc(C(=O)N2CCCCc3cc(C)ccc32)ccc1C(=O)Nc1cccc2[nH]c(C)nc12. The van der Waals surface area contributed by atoms with E-state index in [1.165, 1.54) is 18.2 Å². The predicted octanol–water partition coefficient (Wildman–Crippen LogP) is 5.42. The molecule has 7 heteroatoms. The standard InChI is InChI=1S/C28H28N4O3/c1-17-10-13-24-19(15-17)7-4-5-14-32(24)28(34)20-11-12-21(25(16-20)35-3)27(33)31-23-9-6-8-22-26(23)30-18(2)29-22/h6,8-13,15-16H,4-5,7,14H2,1-3H3,(H,29,30)(H,31,33). The molecule has 2 N–H and O–H groups in total. The molecule has 0 saturated carbocycles. The molecular formula is C28H28N4O3. The Kier molecular flexibility index (Phi) is 5.99. The van der Waals surface area contributed by atoms with Crippen LogP contribution in [0.4, 0.5) is 11.4 Å². The highest BCUT2D eigenvalue weighted by atomic mass is 16.5. The molecule has 0 saturated heterocycles. The van der Waals surface area contributed by atoms with Gasteiger partial charge >= 0.3 is 0 Å². The number of imidazole rings is 1. The number of H-pyrrole nitrogens is 1. The highest BCUT2D eigenvalue weighted by Crippen LogP contribution is 2.30. The summed E-state index contributed by atoms with van der Waals surface area (Å²) in [6, 6.07) is 16.8. The summed E-state index contributed by atoms with van der Waals surface area (Å²) in [6.07, 6.45) is 2.95. The van der Waals surface area contributed by atoms with Gasteiger partial charge in [-0.3, -0.25) is 9.59 Å². The van der Waals surface area contributed by atoms with Gasteiger partial charge in [-0.25, -0.2) is 4.98 Å². The van der Waals surface area contributed by atoms with Crippen molar-refractivity contribution in [1.29, 1.82) is 0 Å². The number of nitrogens with one attached hydrogen (secondary N) is 2. The number of carbonyl (C=O) groups excluding carboxylic acids is 2. The fourth-order valence-corrected chi connectivity index (χ4v) is 4.71. The molecule has 0 unspecified atom stereocenters. The number of ether oxygens (including phenoxy) is 1. The van der Waals surface area contributed by atoms with Crippen molar-refractivity contribution in [3.05, 3.63) is 82.7 Å². The zero-order chi connectivity index (χ0) is 24.5. The number of hydrogen-bond donors (Lipinski definition) is 2. The Morgan fingerprint density at radius 2 is 1.91 bits per heavy atom. The van der Waals surface area contributed by atoms with Gasteiger partial charge in [0.15, 0.2) is 0 Å². The largest absolute Gasteiger partial charge is 0.496 e. The number of para-hydroxylation sites is 1. The van der Waals surface area contributed by atoms with Crippen LogP contribution in [-0.2, 0) is 6.42 Å². The summed E-state index contributed by atoms with van der Waals surface area (Å²) in [5.41, 5.74) is 6.33. The lowest BCUT2D eigenvalue weighted by Gasteiger charge is -2.24. The first-order chi connectivity index (χ1) is 16.9. The summed E-state index contributed by atoms with van der Waals surface area (Å²) in [4.78, 5) is 36.2. The van der Waals surface area contributed by atoms with E-state index in [1.54, 1.807) is 18.2 Å². The van der Waals surface area contributed by atoms with Gasteiger partial charge in [-0.1, -0.05) is 23.8 Å². The normalized spacial score (nSPS) is 13.3. The number of aromatic nitrogens is 2. The fraction of sp³-hybridized carbons (Fsp3) is 0.250. The van der Waals surface area contributed by atoms with Crippen molar-refractivity contribution in [2.45, 2.75) is 33.1 Å². The van der Waals surface area contributed by atoms with Crippen LogP contribution in [0.1, 0.15) is 50.5 Å². The minimum Gasteiger partial charge on any atom is -0.496 e. The molecule has 1 aliphatic rings. The third-order valence-corrected chi connectivity index (χ3v) is 6.42. The smallest absolute Gasteiger partial charge is 0.259 e. The number of methoxy groups -OCH3 is 1. The van der Waals surface area contributed by atoms with Gasteiger partial charge in [0, 0.05) is 17.8 Å². The van der Waals surface area contributed by atoms with Crippen LogP contribution in [0.15, 0.2) is 54.6 Å². The lowest BCUT2D eigenvalue weighted by atomic mass is 10.0. The third kappa shape index (κ3) is 4.37. The number of anilines is 2. The summed E-state index contributed by atoms with van der Waals surface area (Å²) in [5, 5.41) is 2.93. The minimum atomic E-state index is -0.329. The molecule has 1 aromatic heterocycles. The molecule has 178 valence electrons. The Morgan fingerprint density at radius 3 is 2.74 bits per heavy atom. The number of carbonyl (C=O) groups is 2. The Bertz CT molecular complexity index is 1440. The maximum atomic E-state index is 13.5. The average Bonchev–Trinajstić information content (AvgIpc) is 3.12. The van der Waals surface area contributed by atoms with E-state index < -0.39 is 0 Å². The first-order valence-electron chi connectivity index (χ1n) is 11.8. The van der Waals surface area contributed by atoms with Crippen LogP contribution in [0.25, 0.3) is 11.0 Å². The lowest BCUT2D eigenvalue weighted by Crippen LogP contribution is -2.32. The zero-order valence-corrected chi connectivity index (χ0v) is 20.1. The van der Waals surface area contributed by atoms with E-state index >= 15 is 0 Å². The molecule has 0 bridgehead atoms. The topological polar surface area (TPSA) is 87.3 Å². The monoisotopic (exact) mass is 468 g/mol. The number of hydrogen-bond acceptors (Lipinski definition) is 4. The molecule has 2 amide bonds. The first-order valence-corrected chi connectivity index (χ1v) is 11.8. The summed E-state index contributed by atoms with van der Waals surface area (Å²) in [7, 11) is 1.50. The number of aromatic amines is 1. The van der Waals surface area contributed by atoms with Crippen LogP contribution in [0.3, 0.4) is 0 Å². The van der Waals surface area contributed by atoms with Crippen LogP contribution in [0.5, 0.6) is 5.75 Å². The number of amides is 2. The average molecular weight is 469 g/mol. The molecule has 35 heavy (non-hydrogen) atoms. The Hall–Kier alpha value is -4.13. The van der Waals surface area contributed by atoms with E-state index in [2.05, 4.69) is 28.3 Å². The lowest BCUT2D eigenvalue weighted by molar-refractivity contribution is 0.0982. The number of rotatable bonds is 4. The maximum absolute atomic E-state index is 13.5. The number of benzene rings is 3. The zero-order valence-electron chi connectivity index (χ0n) is 20.1. The quantitative estimate of drug-likeness (QED) is 0.418. The summed E-state index contributed by atoms with van der Waals surface area (Å²) in [5.74, 6) is 0.689. The molecule has 2 heterocycles. The van der Waals surface area contributed by atoms with Crippen molar-refractivity contribution in [2.75, 3.05) is 23.9 Å². The van der Waals surface area contributed by atoms with E-state index in [1.807, 2.05) is 42.2 Å². The van der Waals surface area contributed by atoms with Gasteiger partial charge in [0.05, 0.1) is 23.9 Å². The molecule has 0 atom stereocenters. The van der Waals surface area contributed by atoms with E-state index in [4.69, 9.17) is 4.74 Å². The maximum Gasteiger partial charge on any atom is 0.259 e. The first kappa shape index (κ1) is 22.7. The second-order valence-corrected chi connectivity index (χ2v) is 8.94. The van der Waals surface area contributed by atoms with Gasteiger partial charge in [0.1, 0.15) is 17.1 Å². The van der Waals surface area contributed by atoms with Crippen molar-refractivity contribution in [1.82, 2.24) is 9.97 Å². The van der Waals surface area contributed by atoms with Gasteiger partial charge in [-0.2, -0.15) is 0 Å². The van der Waals surface area contributed by atoms with Crippen molar-refractivity contribution in [3.8, 4) is 5.75 Å². The van der Waals surface area contributed by atoms with Gasteiger partial charge in [-0.05, 0) is 75.1 Å². The van der Waals surface area contributed by atoms with Crippen molar-refractivity contribution >= 4 is 34.2 Å². The van der Waals surface area contributed by atoms with E-state index in [9.17, 15) is 9.59 Å². The highest BCUT2D eigenvalue weighted by molar-refractivity contribution is 6.11. The number of nitrogens with zero attached hydrogens (tertiary/aromatic N) is 2. The van der Waals surface area contributed by atoms with Crippen LogP contribution >= 0.6 is 0 Å². The predicted molar refractivity (Wildman–Crippen MR) is 138 cm³/mol. The van der Waals surface area contributed by atoms with Gasteiger partial charge < -0.3 is 19.9 Å². The van der Waals surface area contributed by atoms with Crippen LogP contribution in [-0.4, -0.2) is 35.4 Å². The van der Waals surface area contributed by atoms with E-state index in [0.717, 1.165) is 36.3 Å². The van der Waals surface area contributed by atoms with Gasteiger partial charge in [0.25, 0.3) is 11.8 Å². The molecule has 0 spiro atoms. The molecule has 5 rings (SSSR count). The van der Waals surface area contributed by atoms with Crippen molar-refractivity contribution in [3.63, 3.8) is 0 Å². The number of aryl methyl sites for hydroxylation is 3. The molecule has 0 radical (unpaired) electrons. The Labute approximate surface area is 204 Å². The molecular weight excluding hydrogens is 440 g/mol. The molecule has 1 aliphatic heterocycles.